The summed E-state index contributed by atoms with van der Waals surface area (Å²) in [5, 5.41) is 3.50. The van der Waals surface area contributed by atoms with Crippen LogP contribution in [0.15, 0.2) is 44.7 Å². The second-order valence-electron chi connectivity index (χ2n) is 11.8. The van der Waals surface area contributed by atoms with E-state index in [2.05, 4.69) is 5.32 Å². The number of nitrogens with one attached hydrogen (secondary N) is 1. The fourth-order valence-corrected chi connectivity index (χ4v) is 6.66. The van der Waals surface area contributed by atoms with Crippen LogP contribution in [-0.4, -0.2) is 48.1 Å². The van der Waals surface area contributed by atoms with Crippen LogP contribution in [0.25, 0.3) is 21.9 Å². The highest BCUT2D eigenvalue weighted by molar-refractivity contribution is 6.07. The fraction of sp³-hybridized carbons (Fsp3) is 0.452. The second-order valence-corrected chi connectivity index (χ2v) is 11.8. The topological polar surface area (TPSA) is 120 Å². The van der Waals surface area contributed by atoms with Gasteiger partial charge in [-0.15, -0.1) is 0 Å². The minimum Gasteiger partial charge on any atom is -0.338 e. The maximum absolute atomic E-state index is 14.0. The van der Waals surface area contributed by atoms with Gasteiger partial charge in [0.15, 0.2) is 0 Å². The summed E-state index contributed by atoms with van der Waals surface area (Å²) in [4.78, 5) is 68.1. The summed E-state index contributed by atoms with van der Waals surface area (Å²) in [6.07, 6.45) is 4.54. The normalized spacial score (nSPS) is 16.5. The van der Waals surface area contributed by atoms with Crippen LogP contribution >= 0.6 is 0 Å². The molecule has 220 valence electrons. The van der Waals surface area contributed by atoms with Gasteiger partial charge in [0.1, 0.15) is 0 Å². The van der Waals surface area contributed by atoms with Crippen LogP contribution in [0.4, 0.5) is 5.69 Å². The largest absolute Gasteiger partial charge is 0.338 e. The van der Waals surface area contributed by atoms with Crippen molar-refractivity contribution in [3.05, 3.63) is 72.8 Å². The molecule has 0 unspecified atom stereocenters. The number of imidazole rings is 1. The van der Waals surface area contributed by atoms with Gasteiger partial charge in [-0.05, 0) is 56.9 Å². The minimum atomic E-state index is -0.367. The third-order valence-corrected chi connectivity index (χ3v) is 9.20. The van der Waals surface area contributed by atoms with Gasteiger partial charge in [-0.1, -0.05) is 24.5 Å². The number of amides is 2. The highest BCUT2D eigenvalue weighted by atomic mass is 16.2. The standard InChI is InChI=1S/C31H36N6O5/c1-18-9-10-24-22(15-18)29(40)37(31(42)33(24)2)20-11-13-36(14-12-20)28(39)21-16-25-26(35(4)30(41)34(25)3)17-23(21)32-27(38)19-7-5-6-8-19/h9-10,15-17,19-20H,5-8,11-14H2,1-4H3,(H,32,38). The Morgan fingerprint density at radius 2 is 1.40 bits per heavy atom. The molecule has 0 atom stereocenters. The number of carbonyl (C=O) groups excluding carboxylic acids is 2. The molecule has 2 fully saturated rings. The molecule has 2 aliphatic rings. The Morgan fingerprint density at radius 1 is 0.786 bits per heavy atom. The summed E-state index contributed by atoms with van der Waals surface area (Å²) in [5.41, 5.74) is 2.57. The van der Waals surface area contributed by atoms with E-state index in [9.17, 15) is 24.0 Å². The number of nitrogens with zero attached hydrogens (tertiary/aromatic N) is 5. The predicted octanol–water partition coefficient (Wildman–Crippen LogP) is 2.81. The van der Waals surface area contributed by atoms with Crippen LogP contribution in [-0.2, 0) is 25.9 Å². The predicted molar refractivity (Wildman–Crippen MR) is 161 cm³/mol. The Balaban J connectivity index is 1.31. The Bertz CT molecular complexity index is 1930. The van der Waals surface area contributed by atoms with Crippen molar-refractivity contribution in [2.24, 2.45) is 27.1 Å². The summed E-state index contributed by atoms with van der Waals surface area (Å²) in [7, 11) is 4.99. The average molecular weight is 573 g/mol. The van der Waals surface area contributed by atoms with Crippen LogP contribution < -0.4 is 22.3 Å². The van der Waals surface area contributed by atoms with Gasteiger partial charge in [0, 0.05) is 46.2 Å². The van der Waals surface area contributed by atoms with Crippen molar-refractivity contribution in [2.75, 3.05) is 18.4 Å². The zero-order valence-corrected chi connectivity index (χ0v) is 24.5. The first kappa shape index (κ1) is 27.7. The van der Waals surface area contributed by atoms with Gasteiger partial charge < -0.3 is 10.2 Å². The molecule has 0 bridgehead atoms. The maximum atomic E-state index is 14.0. The Morgan fingerprint density at radius 3 is 2.07 bits per heavy atom. The van der Waals surface area contributed by atoms with E-state index in [1.807, 2.05) is 13.0 Å². The number of rotatable bonds is 4. The van der Waals surface area contributed by atoms with Crippen molar-refractivity contribution in [3.8, 4) is 0 Å². The molecule has 42 heavy (non-hydrogen) atoms. The van der Waals surface area contributed by atoms with E-state index in [1.165, 1.54) is 18.3 Å². The van der Waals surface area contributed by atoms with Gasteiger partial charge in [-0.2, -0.15) is 0 Å². The molecule has 1 saturated heterocycles. The number of aryl methyl sites for hydroxylation is 4. The lowest BCUT2D eigenvalue weighted by Gasteiger charge is -2.33. The number of anilines is 1. The minimum absolute atomic E-state index is 0.0920. The molecule has 11 heteroatoms. The third-order valence-electron chi connectivity index (χ3n) is 9.20. The van der Waals surface area contributed by atoms with Crippen LogP contribution in [0, 0.1) is 12.8 Å². The van der Waals surface area contributed by atoms with Crippen molar-refractivity contribution < 1.29 is 9.59 Å². The fourth-order valence-electron chi connectivity index (χ4n) is 6.66. The van der Waals surface area contributed by atoms with E-state index in [0.29, 0.717) is 59.1 Å². The number of hydrogen-bond donors (Lipinski definition) is 1. The second kappa shape index (κ2) is 10.5. The molecular formula is C31H36N6O5. The molecule has 1 N–H and O–H groups in total. The summed E-state index contributed by atoms with van der Waals surface area (Å²) >= 11 is 0. The number of fused-ring (bicyclic) bond motifs is 2. The van der Waals surface area contributed by atoms with Gasteiger partial charge in [0.25, 0.3) is 11.5 Å². The van der Waals surface area contributed by atoms with Gasteiger partial charge in [0.2, 0.25) is 5.91 Å². The maximum Gasteiger partial charge on any atom is 0.331 e. The van der Waals surface area contributed by atoms with E-state index in [-0.39, 0.29) is 40.7 Å². The number of hydrogen-bond acceptors (Lipinski definition) is 5. The Kier molecular flexibility index (Phi) is 6.90. The molecule has 0 radical (unpaired) electrons. The molecule has 1 saturated carbocycles. The first-order valence-corrected chi connectivity index (χ1v) is 14.6. The third kappa shape index (κ3) is 4.47. The van der Waals surface area contributed by atoms with Gasteiger partial charge in [-0.25, -0.2) is 9.59 Å². The molecule has 2 amide bonds. The zero-order chi connectivity index (χ0) is 29.9. The number of piperidine rings is 1. The van der Waals surface area contributed by atoms with E-state index in [1.54, 1.807) is 50.3 Å². The van der Waals surface area contributed by atoms with Gasteiger partial charge >= 0.3 is 11.4 Å². The van der Waals surface area contributed by atoms with Crippen molar-refractivity contribution in [1.82, 2.24) is 23.2 Å². The van der Waals surface area contributed by atoms with Crippen LogP contribution in [0.1, 0.15) is 60.5 Å². The van der Waals surface area contributed by atoms with Crippen molar-refractivity contribution >= 4 is 39.4 Å². The number of aromatic nitrogens is 4. The molecule has 6 rings (SSSR count). The monoisotopic (exact) mass is 572 g/mol. The molecule has 2 aromatic carbocycles. The molecule has 0 spiro atoms. The van der Waals surface area contributed by atoms with Crippen molar-refractivity contribution in [2.45, 2.75) is 51.5 Å². The number of likely N-dealkylation sites (tertiary alicyclic amines) is 1. The van der Waals surface area contributed by atoms with E-state index < -0.39 is 0 Å². The lowest BCUT2D eigenvalue weighted by molar-refractivity contribution is -0.119. The summed E-state index contributed by atoms with van der Waals surface area (Å²) in [6.45, 7) is 2.59. The molecular weight excluding hydrogens is 536 g/mol. The first-order valence-electron chi connectivity index (χ1n) is 14.6. The SMILES string of the molecule is Cc1ccc2c(c1)c(=O)n(C1CCN(C(=O)c3cc4c(cc3NC(=O)C3CCCC3)n(C)c(=O)n4C)CC1)c(=O)n2C. The van der Waals surface area contributed by atoms with Crippen molar-refractivity contribution in [1.29, 1.82) is 0 Å². The first-order chi connectivity index (χ1) is 20.1. The molecule has 1 aliphatic heterocycles. The quantitative estimate of drug-likeness (QED) is 0.403. The van der Waals surface area contributed by atoms with Crippen LogP contribution in [0.5, 0.6) is 0 Å². The zero-order valence-electron chi connectivity index (χ0n) is 24.5. The van der Waals surface area contributed by atoms with Crippen LogP contribution in [0.3, 0.4) is 0 Å². The van der Waals surface area contributed by atoms with E-state index in [4.69, 9.17) is 0 Å². The summed E-state index contributed by atoms with van der Waals surface area (Å²) < 4.78 is 5.84. The summed E-state index contributed by atoms with van der Waals surface area (Å²) in [5.74, 6) is -0.462. The van der Waals surface area contributed by atoms with Crippen LogP contribution in [0.2, 0.25) is 0 Å². The lowest BCUT2D eigenvalue weighted by atomic mass is 10.0. The van der Waals surface area contributed by atoms with Crippen molar-refractivity contribution in [3.63, 3.8) is 0 Å². The average Bonchev–Trinajstić information content (AvgIpc) is 3.60. The number of carbonyl (C=O) groups is 2. The molecule has 3 heterocycles. The molecule has 4 aromatic rings. The van der Waals surface area contributed by atoms with Gasteiger partial charge in [-0.3, -0.25) is 32.7 Å². The highest BCUT2D eigenvalue weighted by Gasteiger charge is 2.30. The number of benzene rings is 2. The molecule has 1 aliphatic carbocycles. The van der Waals surface area contributed by atoms with E-state index >= 15 is 0 Å². The lowest BCUT2D eigenvalue weighted by Crippen LogP contribution is -2.46. The van der Waals surface area contributed by atoms with E-state index in [0.717, 1.165) is 31.2 Å². The molecule has 11 nitrogen and oxygen atoms in total. The highest BCUT2D eigenvalue weighted by Crippen LogP contribution is 2.30. The smallest absolute Gasteiger partial charge is 0.331 e. The van der Waals surface area contributed by atoms with Gasteiger partial charge in [0.05, 0.1) is 33.2 Å². The molecule has 2 aromatic heterocycles. The Hall–Kier alpha value is -4.41. The summed E-state index contributed by atoms with van der Waals surface area (Å²) in [6, 6.07) is 8.53. The Labute approximate surface area is 242 Å².